The van der Waals surface area contributed by atoms with Gasteiger partial charge in [-0.05, 0) is 42.8 Å². The maximum Gasteiger partial charge on any atom is 0.410 e. The summed E-state index contributed by atoms with van der Waals surface area (Å²) in [5, 5.41) is 11.8. The number of aryl methyl sites for hydroxylation is 1. The van der Waals surface area contributed by atoms with E-state index < -0.39 is 16.1 Å². The van der Waals surface area contributed by atoms with Crippen LogP contribution in [0.2, 0.25) is 0 Å². The minimum absolute atomic E-state index is 0.145. The zero-order valence-corrected chi connectivity index (χ0v) is 16.1. The van der Waals surface area contributed by atoms with E-state index in [9.17, 15) is 13.2 Å². The number of pyridine rings is 2. The summed E-state index contributed by atoms with van der Waals surface area (Å²) in [7, 11) is -3.85. The minimum Gasteiger partial charge on any atom is -0.465 e. The van der Waals surface area contributed by atoms with E-state index in [1.807, 2.05) is 6.92 Å². The first-order valence-corrected chi connectivity index (χ1v) is 10.0. The van der Waals surface area contributed by atoms with Crippen molar-refractivity contribution in [1.29, 1.82) is 0 Å². The van der Waals surface area contributed by atoms with Crippen molar-refractivity contribution in [3.63, 3.8) is 0 Å². The molecule has 0 aliphatic rings. The van der Waals surface area contributed by atoms with E-state index >= 15 is 0 Å². The van der Waals surface area contributed by atoms with Gasteiger partial charge in [-0.25, -0.2) is 22.2 Å². The second kappa shape index (κ2) is 7.02. The minimum atomic E-state index is -3.85. The number of hydrogen-bond acceptors (Lipinski definition) is 5. The molecule has 0 saturated carbocycles. The number of benzene rings is 1. The highest BCUT2D eigenvalue weighted by Crippen LogP contribution is 2.33. The lowest BCUT2D eigenvalue weighted by Crippen LogP contribution is -2.11. The monoisotopic (exact) mass is 408 g/mol. The standard InChI is InChI=1S/C20H16N4O4S/c1-13-2-4-15(5-3-13)29(27,28)24-12-17(16-7-8-21-11-18(16)24)14-6-9-22-19(10-14)23-20(25)26/h2-12H,1H3,(H,22,23)(H,25,26). The first kappa shape index (κ1) is 18.6. The maximum absolute atomic E-state index is 13.2. The Morgan fingerprint density at radius 2 is 1.86 bits per heavy atom. The number of aromatic nitrogens is 3. The van der Waals surface area contributed by atoms with Crippen molar-refractivity contribution in [3.8, 4) is 11.1 Å². The number of fused-ring (bicyclic) bond motifs is 1. The van der Waals surface area contributed by atoms with Crippen molar-refractivity contribution in [3.05, 3.63) is 72.8 Å². The van der Waals surface area contributed by atoms with Crippen LogP contribution in [0.3, 0.4) is 0 Å². The fourth-order valence-corrected chi connectivity index (χ4v) is 4.43. The van der Waals surface area contributed by atoms with Gasteiger partial charge in [0.2, 0.25) is 0 Å². The molecule has 4 rings (SSSR count). The van der Waals surface area contributed by atoms with Gasteiger partial charge in [0.25, 0.3) is 10.0 Å². The number of carbonyl (C=O) groups is 1. The average molecular weight is 408 g/mol. The molecule has 0 aliphatic carbocycles. The van der Waals surface area contributed by atoms with Crippen LogP contribution in [0.5, 0.6) is 0 Å². The summed E-state index contributed by atoms with van der Waals surface area (Å²) in [6.45, 7) is 1.88. The van der Waals surface area contributed by atoms with Crippen molar-refractivity contribution in [2.24, 2.45) is 0 Å². The van der Waals surface area contributed by atoms with Gasteiger partial charge in [0.15, 0.2) is 0 Å². The Bertz CT molecular complexity index is 1330. The Kier molecular flexibility index (Phi) is 4.51. The molecular weight excluding hydrogens is 392 g/mol. The van der Waals surface area contributed by atoms with E-state index in [1.54, 1.807) is 48.7 Å². The average Bonchev–Trinajstić information content (AvgIpc) is 3.09. The van der Waals surface area contributed by atoms with Gasteiger partial charge >= 0.3 is 6.09 Å². The topological polar surface area (TPSA) is 114 Å². The summed E-state index contributed by atoms with van der Waals surface area (Å²) >= 11 is 0. The molecular formula is C20H16N4O4S. The van der Waals surface area contributed by atoms with E-state index in [0.717, 1.165) is 5.56 Å². The lowest BCUT2D eigenvalue weighted by Gasteiger charge is -2.07. The summed E-state index contributed by atoms with van der Waals surface area (Å²) in [6, 6.07) is 11.6. The van der Waals surface area contributed by atoms with E-state index in [4.69, 9.17) is 5.11 Å². The van der Waals surface area contributed by atoms with Gasteiger partial charge in [-0.1, -0.05) is 17.7 Å². The maximum atomic E-state index is 13.2. The number of nitrogens with one attached hydrogen (secondary N) is 1. The van der Waals surface area contributed by atoms with Crippen LogP contribution in [0, 0.1) is 6.92 Å². The van der Waals surface area contributed by atoms with Crippen LogP contribution in [-0.4, -0.2) is 33.6 Å². The van der Waals surface area contributed by atoms with Crippen LogP contribution < -0.4 is 5.32 Å². The summed E-state index contributed by atoms with van der Waals surface area (Å²) in [5.74, 6) is 0.145. The molecule has 8 nitrogen and oxygen atoms in total. The largest absolute Gasteiger partial charge is 0.465 e. The van der Waals surface area contributed by atoms with Gasteiger partial charge in [-0.15, -0.1) is 0 Å². The smallest absolute Gasteiger partial charge is 0.410 e. The van der Waals surface area contributed by atoms with Gasteiger partial charge in [-0.3, -0.25) is 10.3 Å². The Balaban J connectivity index is 1.91. The normalized spacial score (nSPS) is 11.5. The zero-order valence-electron chi connectivity index (χ0n) is 15.3. The predicted molar refractivity (Wildman–Crippen MR) is 108 cm³/mol. The summed E-state index contributed by atoms with van der Waals surface area (Å²) < 4.78 is 27.7. The highest BCUT2D eigenvalue weighted by Gasteiger charge is 2.22. The van der Waals surface area contributed by atoms with Crippen molar-refractivity contribution in [2.75, 3.05) is 5.32 Å². The van der Waals surface area contributed by atoms with Crippen LogP contribution in [0.15, 0.2) is 72.1 Å². The fourth-order valence-electron chi connectivity index (χ4n) is 3.07. The lowest BCUT2D eigenvalue weighted by atomic mass is 10.1. The number of rotatable bonds is 4. The molecule has 146 valence electrons. The predicted octanol–water partition coefficient (Wildman–Crippen LogP) is 3.73. The second-order valence-electron chi connectivity index (χ2n) is 6.41. The van der Waals surface area contributed by atoms with E-state index in [2.05, 4.69) is 15.3 Å². The molecule has 0 fully saturated rings. The third-order valence-electron chi connectivity index (χ3n) is 4.46. The van der Waals surface area contributed by atoms with Crippen LogP contribution in [0.1, 0.15) is 5.56 Å². The van der Waals surface area contributed by atoms with Gasteiger partial charge in [0.05, 0.1) is 16.6 Å². The highest BCUT2D eigenvalue weighted by atomic mass is 32.2. The van der Waals surface area contributed by atoms with Crippen LogP contribution in [0.4, 0.5) is 10.6 Å². The molecule has 1 aromatic carbocycles. The summed E-state index contributed by atoms with van der Waals surface area (Å²) in [6.07, 6.45) is 4.80. The molecule has 0 unspecified atom stereocenters. The zero-order chi connectivity index (χ0) is 20.6. The molecule has 4 aromatic rings. The molecule has 1 amide bonds. The van der Waals surface area contributed by atoms with Gasteiger partial charge in [0, 0.05) is 29.5 Å². The molecule has 0 bridgehead atoms. The van der Waals surface area contributed by atoms with E-state index in [1.165, 1.54) is 22.6 Å². The third-order valence-corrected chi connectivity index (χ3v) is 6.15. The number of nitrogens with zero attached hydrogens (tertiary/aromatic N) is 3. The Labute approximate surface area is 166 Å². The second-order valence-corrected chi connectivity index (χ2v) is 8.22. The molecule has 0 atom stereocenters. The van der Waals surface area contributed by atoms with Gasteiger partial charge < -0.3 is 5.11 Å². The lowest BCUT2D eigenvalue weighted by molar-refractivity contribution is 0.209. The number of amides is 1. The first-order chi connectivity index (χ1) is 13.9. The van der Waals surface area contributed by atoms with Crippen LogP contribution in [0.25, 0.3) is 22.0 Å². The van der Waals surface area contributed by atoms with Crippen LogP contribution >= 0.6 is 0 Å². The quantitative estimate of drug-likeness (QED) is 0.532. The molecule has 0 aliphatic heterocycles. The molecule has 0 saturated heterocycles. The number of carboxylic acid groups (broad SMARTS) is 1. The fraction of sp³-hybridized carbons (Fsp3) is 0.0500. The molecule has 3 heterocycles. The van der Waals surface area contributed by atoms with Gasteiger partial charge in [0.1, 0.15) is 5.82 Å². The first-order valence-electron chi connectivity index (χ1n) is 8.60. The van der Waals surface area contributed by atoms with Crippen LogP contribution in [-0.2, 0) is 10.0 Å². The Morgan fingerprint density at radius 3 is 2.59 bits per heavy atom. The number of anilines is 1. The Morgan fingerprint density at radius 1 is 1.10 bits per heavy atom. The Hall–Kier alpha value is -3.72. The molecule has 9 heteroatoms. The molecule has 0 radical (unpaired) electrons. The van der Waals surface area contributed by atoms with Crippen molar-refractivity contribution in [1.82, 2.24) is 13.9 Å². The van der Waals surface area contributed by atoms with E-state index in [-0.39, 0.29) is 10.7 Å². The highest BCUT2D eigenvalue weighted by molar-refractivity contribution is 7.90. The van der Waals surface area contributed by atoms with E-state index in [0.29, 0.717) is 22.0 Å². The third kappa shape index (κ3) is 3.43. The SMILES string of the molecule is Cc1ccc(S(=O)(=O)n2cc(-c3ccnc(NC(=O)O)c3)c3ccncc32)cc1. The van der Waals surface area contributed by atoms with Crippen molar-refractivity contribution in [2.45, 2.75) is 11.8 Å². The molecule has 2 N–H and O–H groups in total. The van der Waals surface area contributed by atoms with Gasteiger partial charge in [-0.2, -0.15) is 0 Å². The summed E-state index contributed by atoms with van der Waals surface area (Å²) in [5.41, 5.74) is 2.62. The molecule has 3 aromatic heterocycles. The molecule has 29 heavy (non-hydrogen) atoms. The molecule has 0 spiro atoms. The number of hydrogen-bond donors (Lipinski definition) is 2. The summed E-state index contributed by atoms with van der Waals surface area (Å²) in [4.78, 5) is 19.1. The van der Waals surface area contributed by atoms with Crippen molar-refractivity contribution < 1.29 is 18.3 Å². The van der Waals surface area contributed by atoms with Crippen molar-refractivity contribution >= 4 is 32.8 Å².